The highest BCUT2D eigenvalue weighted by atomic mass is 16.3. The molecule has 0 radical (unpaired) electrons. The van der Waals surface area contributed by atoms with E-state index < -0.39 is 0 Å². The molecule has 0 aromatic carbocycles. The molecule has 2 heteroatoms. The molecule has 0 aromatic heterocycles. The molecule has 12 heavy (non-hydrogen) atoms. The van der Waals surface area contributed by atoms with Gasteiger partial charge in [0.15, 0.2) is 0 Å². The van der Waals surface area contributed by atoms with Gasteiger partial charge in [0.2, 0.25) is 0 Å². The third kappa shape index (κ3) is 2.46. The van der Waals surface area contributed by atoms with E-state index in [4.69, 9.17) is 5.73 Å². The minimum atomic E-state index is -0.247. The molecule has 0 saturated heterocycles. The molecule has 1 aliphatic rings. The van der Waals surface area contributed by atoms with Gasteiger partial charge < -0.3 is 10.8 Å². The van der Waals surface area contributed by atoms with Crippen LogP contribution in [0.15, 0.2) is 0 Å². The number of aliphatic hydroxyl groups excluding tert-OH is 1. The lowest BCUT2D eigenvalue weighted by Crippen LogP contribution is -2.31. The molecule has 0 aliphatic heterocycles. The highest BCUT2D eigenvalue weighted by molar-refractivity contribution is 4.77. The predicted octanol–water partition coefficient (Wildman–Crippen LogP) is 1.52. The lowest BCUT2D eigenvalue weighted by Gasteiger charge is -2.30. The van der Waals surface area contributed by atoms with Crippen molar-refractivity contribution in [1.82, 2.24) is 0 Å². The molecule has 1 saturated carbocycles. The summed E-state index contributed by atoms with van der Waals surface area (Å²) in [4.78, 5) is 0. The van der Waals surface area contributed by atoms with Crippen LogP contribution < -0.4 is 5.73 Å². The fourth-order valence-corrected chi connectivity index (χ4v) is 2.17. The van der Waals surface area contributed by atoms with E-state index in [0.717, 1.165) is 5.92 Å². The Balaban J connectivity index is 2.25. The molecule has 1 rings (SSSR count). The third-order valence-corrected chi connectivity index (χ3v) is 3.25. The Morgan fingerprint density at radius 1 is 1.33 bits per heavy atom. The van der Waals surface area contributed by atoms with Crippen molar-refractivity contribution in [2.75, 3.05) is 6.54 Å². The molecular formula is C10H21NO. The number of hydrogen-bond donors (Lipinski definition) is 2. The molecule has 2 nitrogen and oxygen atoms in total. The zero-order valence-electron chi connectivity index (χ0n) is 8.00. The van der Waals surface area contributed by atoms with E-state index in [-0.39, 0.29) is 6.10 Å². The van der Waals surface area contributed by atoms with E-state index in [1.807, 2.05) is 0 Å². The van der Waals surface area contributed by atoms with Gasteiger partial charge in [-0.25, -0.2) is 0 Å². The lowest BCUT2D eigenvalue weighted by atomic mass is 9.78. The standard InChI is InChI=1S/C10H21NO/c1-2-8-3-5-9(6-4-8)10(12)7-11/h8-10,12H,2-7,11H2,1H3/t8?,9?,10-/m0/s1. The molecule has 3 N–H and O–H groups in total. The Morgan fingerprint density at radius 2 is 1.92 bits per heavy atom. The first-order valence-corrected chi connectivity index (χ1v) is 5.16. The summed E-state index contributed by atoms with van der Waals surface area (Å²) < 4.78 is 0. The average molecular weight is 171 g/mol. The maximum Gasteiger partial charge on any atom is 0.0690 e. The zero-order valence-corrected chi connectivity index (χ0v) is 8.00. The molecule has 0 amide bonds. The van der Waals surface area contributed by atoms with Gasteiger partial charge in [0.05, 0.1) is 6.10 Å². The Kier molecular flexibility index (Phi) is 4.02. The summed E-state index contributed by atoms with van der Waals surface area (Å²) in [5.41, 5.74) is 5.42. The molecular weight excluding hydrogens is 150 g/mol. The van der Waals surface area contributed by atoms with E-state index in [2.05, 4.69) is 6.92 Å². The van der Waals surface area contributed by atoms with Crippen LogP contribution in [0.4, 0.5) is 0 Å². The summed E-state index contributed by atoms with van der Waals surface area (Å²) in [5, 5.41) is 9.52. The summed E-state index contributed by atoms with van der Waals surface area (Å²) >= 11 is 0. The molecule has 0 heterocycles. The molecule has 0 aromatic rings. The molecule has 1 fully saturated rings. The SMILES string of the molecule is CCC1CCC([C@@H](O)CN)CC1. The smallest absolute Gasteiger partial charge is 0.0690 e. The first-order valence-electron chi connectivity index (χ1n) is 5.16. The van der Waals surface area contributed by atoms with Gasteiger partial charge in [-0.2, -0.15) is 0 Å². The van der Waals surface area contributed by atoms with Gasteiger partial charge in [-0.3, -0.25) is 0 Å². The van der Waals surface area contributed by atoms with Crippen molar-refractivity contribution in [1.29, 1.82) is 0 Å². The van der Waals surface area contributed by atoms with Gasteiger partial charge in [-0.15, -0.1) is 0 Å². The Labute approximate surface area is 75.2 Å². The topological polar surface area (TPSA) is 46.2 Å². The monoisotopic (exact) mass is 171 g/mol. The van der Waals surface area contributed by atoms with E-state index in [1.54, 1.807) is 0 Å². The van der Waals surface area contributed by atoms with E-state index in [1.165, 1.54) is 32.1 Å². The first kappa shape index (κ1) is 10.0. The maximum atomic E-state index is 9.52. The Bertz CT molecular complexity index is 119. The summed E-state index contributed by atoms with van der Waals surface area (Å²) in [6.45, 7) is 2.69. The molecule has 1 aliphatic carbocycles. The first-order chi connectivity index (χ1) is 5.77. The normalized spacial score (nSPS) is 33.2. The third-order valence-electron chi connectivity index (χ3n) is 3.25. The van der Waals surface area contributed by atoms with Crippen molar-refractivity contribution < 1.29 is 5.11 Å². The lowest BCUT2D eigenvalue weighted by molar-refractivity contribution is 0.0799. The molecule has 0 bridgehead atoms. The van der Waals surface area contributed by atoms with Crippen molar-refractivity contribution in [2.45, 2.75) is 45.1 Å². The van der Waals surface area contributed by atoms with Crippen LogP contribution in [-0.4, -0.2) is 17.8 Å². The predicted molar refractivity (Wildman–Crippen MR) is 50.8 cm³/mol. The summed E-state index contributed by atoms with van der Waals surface area (Å²) in [7, 11) is 0. The van der Waals surface area contributed by atoms with Crippen LogP contribution in [0, 0.1) is 11.8 Å². The molecule has 0 spiro atoms. The van der Waals surface area contributed by atoms with Gasteiger partial charge in [0, 0.05) is 6.54 Å². The number of hydrogen-bond acceptors (Lipinski definition) is 2. The maximum absolute atomic E-state index is 9.52. The van der Waals surface area contributed by atoms with E-state index in [0.29, 0.717) is 12.5 Å². The minimum Gasteiger partial charge on any atom is -0.392 e. The zero-order chi connectivity index (χ0) is 8.97. The van der Waals surface area contributed by atoms with Crippen molar-refractivity contribution in [3.63, 3.8) is 0 Å². The van der Waals surface area contributed by atoms with Gasteiger partial charge >= 0.3 is 0 Å². The second kappa shape index (κ2) is 4.83. The van der Waals surface area contributed by atoms with Gasteiger partial charge in [0.1, 0.15) is 0 Å². The van der Waals surface area contributed by atoms with Gasteiger partial charge in [-0.1, -0.05) is 26.2 Å². The molecule has 72 valence electrons. The van der Waals surface area contributed by atoms with Gasteiger partial charge in [-0.05, 0) is 24.7 Å². The largest absolute Gasteiger partial charge is 0.392 e. The second-order valence-electron chi connectivity index (χ2n) is 3.99. The Morgan fingerprint density at radius 3 is 2.33 bits per heavy atom. The van der Waals surface area contributed by atoms with Crippen LogP contribution in [0.2, 0.25) is 0 Å². The number of rotatable bonds is 3. The van der Waals surface area contributed by atoms with Crippen molar-refractivity contribution in [3.05, 3.63) is 0 Å². The van der Waals surface area contributed by atoms with Crippen LogP contribution in [0.1, 0.15) is 39.0 Å². The number of nitrogens with two attached hydrogens (primary N) is 1. The fourth-order valence-electron chi connectivity index (χ4n) is 2.17. The minimum absolute atomic E-state index is 0.247. The molecule has 1 atom stereocenters. The summed E-state index contributed by atoms with van der Waals surface area (Å²) in [6.07, 6.45) is 5.98. The second-order valence-corrected chi connectivity index (χ2v) is 3.99. The molecule has 0 unspecified atom stereocenters. The van der Waals surface area contributed by atoms with Crippen LogP contribution in [-0.2, 0) is 0 Å². The van der Waals surface area contributed by atoms with Crippen LogP contribution in [0.5, 0.6) is 0 Å². The number of aliphatic hydroxyl groups is 1. The Hall–Kier alpha value is -0.0800. The highest BCUT2D eigenvalue weighted by Crippen LogP contribution is 2.32. The van der Waals surface area contributed by atoms with E-state index >= 15 is 0 Å². The van der Waals surface area contributed by atoms with Crippen molar-refractivity contribution in [2.24, 2.45) is 17.6 Å². The summed E-state index contributed by atoms with van der Waals surface area (Å²) in [5.74, 6) is 1.39. The van der Waals surface area contributed by atoms with Crippen LogP contribution >= 0.6 is 0 Å². The van der Waals surface area contributed by atoms with Gasteiger partial charge in [0.25, 0.3) is 0 Å². The summed E-state index contributed by atoms with van der Waals surface area (Å²) in [6, 6.07) is 0. The highest BCUT2D eigenvalue weighted by Gasteiger charge is 2.24. The van der Waals surface area contributed by atoms with Crippen molar-refractivity contribution >= 4 is 0 Å². The van der Waals surface area contributed by atoms with E-state index in [9.17, 15) is 5.11 Å². The quantitative estimate of drug-likeness (QED) is 0.676. The van der Waals surface area contributed by atoms with Crippen molar-refractivity contribution in [3.8, 4) is 0 Å². The average Bonchev–Trinajstić information content (AvgIpc) is 2.17. The van der Waals surface area contributed by atoms with Crippen LogP contribution in [0.3, 0.4) is 0 Å². The van der Waals surface area contributed by atoms with Crippen LogP contribution in [0.25, 0.3) is 0 Å². The fraction of sp³-hybridized carbons (Fsp3) is 1.00.